The van der Waals surface area contributed by atoms with Gasteiger partial charge in [0.25, 0.3) is 0 Å². The normalized spacial score (nSPS) is 14.2. The van der Waals surface area contributed by atoms with Crippen LogP contribution in [0.1, 0.15) is 19.4 Å². The van der Waals surface area contributed by atoms with Crippen molar-refractivity contribution in [2.45, 2.75) is 20.3 Å². The molecule has 1 aliphatic rings. The lowest BCUT2D eigenvalue weighted by Gasteiger charge is -2.27. The third-order valence-corrected chi connectivity index (χ3v) is 3.33. The summed E-state index contributed by atoms with van der Waals surface area (Å²) in [6.07, 6.45) is 0.435. The molecule has 118 valence electrons. The molecule has 0 bridgehead atoms. The fourth-order valence-corrected chi connectivity index (χ4v) is 1.97. The Morgan fingerprint density at radius 3 is 2.52 bits per heavy atom. The lowest BCUT2D eigenvalue weighted by molar-refractivity contribution is -0.120. The average Bonchev–Trinajstić information content (AvgIpc) is 2.36. The summed E-state index contributed by atoms with van der Waals surface area (Å²) in [7, 11) is 0. The number of nitrogens with one attached hydrogen (secondary N) is 2. The highest BCUT2D eigenvalue weighted by atomic mass is 35.5. The second-order valence-electron chi connectivity index (χ2n) is 5.85. The highest BCUT2D eigenvalue weighted by Gasteiger charge is 2.17. The Morgan fingerprint density at radius 1 is 1.33 bits per heavy atom. The number of hydrogen-bond donors (Lipinski definition) is 2. The maximum Gasteiger partial charge on any atom is 0.224 e. The van der Waals surface area contributed by atoms with E-state index in [1.165, 1.54) is 0 Å². The molecule has 1 aromatic carbocycles. The number of halogens is 1. The smallest absolute Gasteiger partial charge is 0.224 e. The van der Waals surface area contributed by atoms with Crippen molar-refractivity contribution in [1.29, 1.82) is 0 Å². The average molecular weight is 313 g/mol. The first-order valence-electron chi connectivity index (χ1n) is 7.32. The minimum absolute atomic E-state index is 0. The summed E-state index contributed by atoms with van der Waals surface area (Å²) in [5.41, 5.74) is 1.02. The zero-order valence-corrected chi connectivity index (χ0v) is 13.5. The SMILES string of the molecule is CC(C)COc1ccc(CC(=O)NCC2CNC2)cc1.Cl. The van der Waals surface area contributed by atoms with Crippen LogP contribution in [0.15, 0.2) is 24.3 Å². The number of amides is 1. The van der Waals surface area contributed by atoms with Crippen LogP contribution < -0.4 is 15.4 Å². The molecule has 4 nitrogen and oxygen atoms in total. The molecule has 1 fully saturated rings. The van der Waals surface area contributed by atoms with E-state index in [2.05, 4.69) is 24.5 Å². The molecule has 1 aliphatic heterocycles. The molecule has 1 saturated heterocycles. The standard InChI is InChI=1S/C16H24N2O2.ClH/c1-12(2)11-20-15-5-3-13(4-6-15)7-16(19)18-10-14-8-17-9-14;/h3-6,12,14,17H,7-11H2,1-2H3,(H,18,19);1H. The minimum atomic E-state index is 0. The second-order valence-corrected chi connectivity index (χ2v) is 5.85. The van der Waals surface area contributed by atoms with E-state index in [4.69, 9.17) is 4.74 Å². The van der Waals surface area contributed by atoms with Crippen LogP contribution in [0.4, 0.5) is 0 Å². The molecule has 0 unspecified atom stereocenters. The van der Waals surface area contributed by atoms with Gasteiger partial charge in [-0.15, -0.1) is 12.4 Å². The number of hydrogen-bond acceptors (Lipinski definition) is 3. The summed E-state index contributed by atoms with van der Waals surface area (Å²) in [6, 6.07) is 7.78. The van der Waals surface area contributed by atoms with Crippen LogP contribution in [-0.2, 0) is 11.2 Å². The van der Waals surface area contributed by atoms with Gasteiger partial charge in [0.05, 0.1) is 13.0 Å². The summed E-state index contributed by atoms with van der Waals surface area (Å²) in [5.74, 6) is 2.07. The predicted octanol–water partition coefficient (Wildman–Crippen LogP) is 2.02. The molecule has 2 rings (SSSR count). The van der Waals surface area contributed by atoms with Gasteiger partial charge in [0.15, 0.2) is 0 Å². The number of carbonyl (C=O) groups excluding carboxylic acids is 1. The van der Waals surface area contributed by atoms with E-state index in [0.29, 0.717) is 18.3 Å². The monoisotopic (exact) mass is 312 g/mol. The molecule has 0 radical (unpaired) electrons. The zero-order valence-electron chi connectivity index (χ0n) is 12.7. The van der Waals surface area contributed by atoms with Crippen molar-refractivity contribution in [3.8, 4) is 5.75 Å². The van der Waals surface area contributed by atoms with Crippen molar-refractivity contribution >= 4 is 18.3 Å². The topological polar surface area (TPSA) is 50.4 Å². The molecule has 0 aliphatic carbocycles. The van der Waals surface area contributed by atoms with Gasteiger partial charge < -0.3 is 15.4 Å². The van der Waals surface area contributed by atoms with Crippen LogP contribution >= 0.6 is 12.4 Å². The lowest BCUT2D eigenvalue weighted by Crippen LogP contribution is -2.48. The van der Waals surface area contributed by atoms with Crippen LogP contribution in [-0.4, -0.2) is 32.1 Å². The number of rotatable bonds is 7. The van der Waals surface area contributed by atoms with E-state index in [0.717, 1.165) is 37.6 Å². The van der Waals surface area contributed by atoms with Crippen LogP contribution in [0.5, 0.6) is 5.75 Å². The third-order valence-electron chi connectivity index (χ3n) is 3.33. The Balaban J connectivity index is 0.00000220. The van der Waals surface area contributed by atoms with Crippen LogP contribution in [0.25, 0.3) is 0 Å². The highest BCUT2D eigenvalue weighted by Crippen LogP contribution is 2.13. The molecule has 5 heteroatoms. The third kappa shape index (κ3) is 6.36. The largest absolute Gasteiger partial charge is 0.493 e. The number of benzene rings is 1. The van der Waals surface area contributed by atoms with E-state index in [-0.39, 0.29) is 18.3 Å². The van der Waals surface area contributed by atoms with Crippen molar-refractivity contribution in [2.75, 3.05) is 26.2 Å². The molecule has 1 aromatic rings. The zero-order chi connectivity index (χ0) is 14.4. The second kappa shape index (κ2) is 8.90. The minimum Gasteiger partial charge on any atom is -0.493 e. The Hall–Kier alpha value is -1.26. The molecule has 0 atom stereocenters. The van der Waals surface area contributed by atoms with E-state index in [1.807, 2.05) is 24.3 Å². The van der Waals surface area contributed by atoms with E-state index in [9.17, 15) is 4.79 Å². The van der Waals surface area contributed by atoms with Crippen LogP contribution in [0, 0.1) is 11.8 Å². The molecule has 0 spiro atoms. The van der Waals surface area contributed by atoms with Gasteiger partial charge in [0.2, 0.25) is 5.91 Å². The Morgan fingerprint density at radius 2 is 2.00 bits per heavy atom. The van der Waals surface area contributed by atoms with Crippen molar-refractivity contribution in [3.63, 3.8) is 0 Å². The maximum absolute atomic E-state index is 11.8. The lowest BCUT2D eigenvalue weighted by atomic mass is 10.0. The van der Waals surface area contributed by atoms with Gasteiger partial charge in [0.1, 0.15) is 5.75 Å². The van der Waals surface area contributed by atoms with E-state index >= 15 is 0 Å². The molecule has 2 N–H and O–H groups in total. The van der Waals surface area contributed by atoms with Gasteiger partial charge >= 0.3 is 0 Å². The van der Waals surface area contributed by atoms with Gasteiger partial charge in [0, 0.05) is 25.6 Å². The van der Waals surface area contributed by atoms with Gasteiger partial charge in [-0.2, -0.15) is 0 Å². The molecule has 21 heavy (non-hydrogen) atoms. The van der Waals surface area contributed by atoms with Crippen molar-refractivity contribution in [1.82, 2.24) is 10.6 Å². The molecule has 1 heterocycles. The van der Waals surface area contributed by atoms with Crippen LogP contribution in [0.2, 0.25) is 0 Å². The Bertz CT molecular complexity index is 430. The quantitative estimate of drug-likeness (QED) is 0.810. The predicted molar refractivity (Wildman–Crippen MR) is 87.1 cm³/mol. The van der Waals surface area contributed by atoms with E-state index in [1.54, 1.807) is 0 Å². The fraction of sp³-hybridized carbons (Fsp3) is 0.562. The molecule has 0 aromatic heterocycles. The number of ether oxygens (including phenoxy) is 1. The van der Waals surface area contributed by atoms with Crippen molar-refractivity contribution in [3.05, 3.63) is 29.8 Å². The molecule has 1 amide bonds. The summed E-state index contributed by atoms with van der Waals surface area (Å²) >= 11 is 0. The summed E-state index contributed by atoms with van der Waals surface area (Å²) < 4.78 is 5.62. The number of carbonyl (C=O) groups is 1. The first kappa shape index (κ1) is 17.8. The highest BCUT2D eigenvalue weighted by molar-refractivity contribution is 5.85. The molecule has 0 saturated carbocycles. The summed E-state index contributed by atoms with van der Waals surface area (Å²) in [5, 5.41) is 6.17. The first-order valence-corrected chi connectivity index (χ1v) is 7.32. The van der Waals surface area contributed by atoms with Crippen LogP contribution in [0.3, 0.4) is 0 Å². The fourth-order valence-electron chi connectivity index (χ4n) is 1.97. The van der Waals surface area contributed by atoms with Gasteiger partial charge in [-0.3, -0.25) is 4.79 Å². The van der Waals surface area contributed by atoms with Crippen molar-refractivity contribution in [2.24, 2.45) is 11.8 Å². The van der Waals surface area contributed by atoms with Gasteiger partial charge in [-0.05, 0) is 23.6 Å². The first-order chi connectivity index (χ1) is 9.63. The Labute approximate surface area is 133 Å². The van der Waals surface area contributed by atoms with E-state index < -0.39 is 0 Å². The van der Waals surface area contributed by atoms with Gasteiger partial charge in [-0.1, -0.05) is 26.0 Å². The Kier molecular flexibility index (Phi) is 7.54. The molecular weight excluding hydrogens is 288 g/mol. The summed E-state index contributed by atoms with van der Waals surface area (Å²) in [6.45, 7) is 7.77. The summed E-state index contributed by atoms with van der Waals surface area (Å²) in [4.78, 5) is 11.8. The van der Waals surface area contributed by atoms with Gasteiger partial charge in [-0.25, -0.2) is 0 Å². The van der Waals surface area contributed by atoms with Crippen molar-refractivity contribution < 1.29 is 9.53 Å². The molecular formula is C16H25ClN2O2. The maximum atomic E-state index is 11.8.